The Morgan fingerprint density at radius 1 is 1.43 bits per heavy atom. The molecule has 1 unspecified atom stereocenters. The van der Waals surface area contributed by atoms with E-state index in [0.29, 0.717) is 19.3 Å². The van der Waals surface area contributed by atoms with E-state index in [1.165, 1.54) is 0 Å². The van der Waals surface area contributed by atoms with Crippen LogP contribution in [0.25, 0.3) is 0 Å². The van der Waals surface area contributed by atoms with Crippen LogP contribution in [-0.4, -0.2) is 23.0 Å². The summed E-state index contributed by atoms with van der Waals surface area (Å²) in [6.45, 7) is 5.38. The maximum Gasteiger partial charge on any atom is 0.303 e. The summed E-state index contributed by atoms with van der Waals surface area (Å²) in [7, 11) is 0. The van der Waals surface area contributed by atoms with E-state index in [9.17, 15) is 9.59 Å². The molecule has 80 valence electrons. The predicted molar refractivity (Wildman–Crippen MR) is 53.9 cm³/mol. The Morgan fingerprint density at radius 3 is 2.50 bits per heavy atom. The molecule has 0 spiro atoms. The normalized spacial score (nSPS) is 11.8. The van der Waals surface area contributed by atoms with Crippen LogP contribution in [-0.2, 0) is 9.59 Å². The fourth-order valence-electron chi connectivity index (χ4n) is 0.947. The summed E-state index contributed by atoms with van der Waals surface area (Å²) in [6.07, 6.45) is 3.32. The standard InChI is InChI=1S/C10H17NO3/c1-3-8(2)11-9(12)6-4-5-7-10(13)14/h3,8H,1,4-7H2,2H3,(H,11,12)(H,13,14). The first kappa shape index (κ1) is 12.7. The first-order chi connectivity index (χ1) is 6.56. The minimum Gasteiger partial charge on any atom is -0.481 e. The van der Waals surface area contributed by atoms with Crippen molar-refractivity contribution >= 4 is 11.9 Å². The number of amides is 1. The van der Waals surface area contributed by atoms with Gasteiger partial charge in [-0.1, -0.05) is 6.08 Å². The van der Waals surface area contributed by atoms with Gasteiger partial charge in [-0.15, -0.1) is 6.58 Å². The number of carboxylic acids is 1. The van der Waals surface area contributed by atoms with Gasteiger partial charge >= 0.3 is 5.97 Å². The van der Waals surface area contributed by atoms with Crippen LogP contribution in [0.4, 0.5) is 0 Å². The average molecular weight is 199 g/mol. The molecule has 4 nitrogen and oxygen atoms in total. The molecular weight excluding hydrogens is 182 g/mol. The van der Waals surface area contributed by atoms with E-state index in [1.807, 2.05) is 6.92 Å². The lowest BCUT2D eigenvalue weighted by Crippen LogP contribution is -2.30. The van der Waals surface area contributed by atoms with Gasteiger partial charge in [0.25, 0.3) is 0 Å². The SMILES string of the molecule is C=CC(C)NC(=O)CCCCC(=O)O. The summed E-state index contributed by atoms with van der Waals surface area (Å²) in [5, 5.41) is 11.1. The summed E-state index contributed by atoms with van der Waals surface area (Å²) < 4.78 is 0. The Hall–Kier alpha value is -1.32. The minimum atomic E-state index is -0.815. The summed E-state index contributed by atoms with van der Waals surface area (Å²) >= 11 is 0. The van der Waals surface area contributed by atoms with Gasteiger partial charge in [-0.3, -0.25) is 9.59 Å². The second kappa shape index (κ2) is 7.12. The molecule has 14 heavy (non-hydrogen) atoms. The first-order valence-electron chi connectivity index (χ1n) is 4.70. The molecule has 1 amide bonds. The number of hydrogen-bond acceptors (Lipinski definition) is 2. The zero-order valence-corrected chi connectivity index (χ0v) is 8.45. The molecular formula is C10H17NO3. The molecule has 0 aromatic rings. The number of aliphatic carboxylic acids is 1. The van der Waals surface area contributed by atoms with E-state index in [1.54, 1.807) is 6.08 Å². The Morgan fingerprint density at radius 2 is 2.00 bits per heavy atom. The van der Waals surface area contributed by atoms with Gasteiger partial charge in [0, 0.05) is 18.9 Å². The molecule has 0 rings (SSSR count). The van der Waals surface area contributed by atoms with Crippen LogP contribution >= 0.6 is 0 Å². The van der Waals surface area contributed by atoms with Crippen molar-refractivity contribution < 1.29 is 14.7 Å². The van der Waals surface area contributed by atoms with Crippen molar-refractivity contribution in [3.8, 4) is 0 Å². The molecule has 0 saturated heterocycles. The molecule has 0 aliphatic carbocycles. The number of nitrogens with one attached hydrogen (secondary N) is 1. The Bertz CT molecular complexity index is 213. The van der Waals surface area contributed by atoms with Gasteiger partial charge in [0.05, 0.1) is 0 Å². The van der Waals surface area contributed by atoms with Gasteiger partial charge in [-0.25, -0.2) is 0 Å². The molecule has 0 aliphatic rings. The molecule has 2 N–H and O–H groups in total. The maximum absolute atomic E-state index is 11.2. The highest BCUT2D eigenvalue weighted by Crippen LogP contribution is 2.00. The van der Waals surface area contributed by atoms with E-state index in [-0.39, 0.29) is 18.4 Å². The highest BCUT2D eigenvalue weighted by Gasteiger charge is 2.04. The minimum absolute atomic E-state index is 0.0260. The second-order valence-corrected chi connectivity index (χ2v) is 3.19. The predicted octanol–water partition coefficient (Wildman–Crippen LogP) is 1.32. The molecule has 0 aromatic heterocycles. The third-order valence-electron chi connectivity index (χ3n) is 1.79. The van der Waals surface area contributed by atoms with Gasteiger partial charge in [-0.05, 0) is 19.8 Å². The number of carbonyl (C=O) groups excluding carboxylic acids is 1. The van der Waals surface area contributed by atoms with Crippen molar-refractivity contribution in [2.45, 2.75) is 38.6 Å². The lowest BCUT2D eigenvalue weighted by molar-refractivity contribution is -0.137. The van der Waals surface area contributed by atoms with Gasteiger partial charge in [-0.2, -0.15) is 0 Å². The number of unbranched alkanes of at least 4 members (excludes halogenated alkanes) is 1. The van der Waals surface area contributed by atoms with Gasteiger partial charge < -0.3 is 10.4 Å². The van der Waals surface area contributed by atoms with Gasteiger partial charge in [0.2, 0.25) is 5.91 Å². The number of rotatable bonds is 7. The molecule has 0 bridgehead atoms. The zero-order chi connectivity index (χ0) is 11.0. The van der Waals surface area contributed by atoms with Gasteiger partial charge in [0.15, 0.2) is 0 Å². The van der Waals surface area contributed by atoms with E-state index < -0.39 is 5.97 Å². The molecule has 0 heterocycles. The van der Waals surface area contributed by atoms with Crippen LogP contribution in [0, 0.1) is 0 Å². The van der Waals surface area contributed by atoms with E-state index in [0.717, 1.165) is 0 Å². The third-order valence-corrected chi connectivity index (χ3v) is 1.79. The fourth-order valence-corrected chi connectivity index (χ4v) is 0.947. The van der Waals surface area contributed by atoms with Crippen molar-refractivity contribution in [2.75, 3.05) is 0 Å². The molecule has 0 radical (unpaired) electrons. The highest BCUT2D eigenvalue weighted by atomic mass is 16.4. The zero-order valence-electron chi connectivity index (χ0n) is 8.45. The lowest BCUT2D eigenvalue weighted by atomic mass is 10.2. The summed E-state index contributed by atoms with van der Waals surface area (Å²) in [6, 6.07) is -0.0260. The molecule has 0 aliphatic heterocycles. The lowest BCUT2D eigenvalue weighted by Gasteiger charge is -2.08. The van der Waals surface area contributed by atoms with Crippen LogP contribution in [0.15, 0.2) is 12.7 Å². The Kier molecular flexibility index (Phi) is 6.45. The highest BCUT2D eigenvalue weighted by molar-refractivity contribution is 5.76. The molecule has 0 saturated carbocycles. The van der Waals surface area contributed by atoms with Crippen molar-refractivity contribution in [2.24, 2.45) is 0 Å². The quantitative estimate of drug-likeness (QED) is 0.480. The number of carbonyl (C=O) groups is 2. The van der Waals surface area contributed by atoms with Crippen LogP contribution < -0.4 is 5.32 Å². The van der Waals surface area contributed by atoms with Crippen LogP contribution in [0.3, 0.4) is 0 Å². The van der Waals surface area contributed by atoms with Crippen molar-refractivity contribution in [1.29, 1.82) is 0 Å². The third kappa shape index (κ3) is 7.34. The van der Waals surface area contributed by atoms with Gasteiger partial charge in [0.1, 0.15) is 0 Å². The summed E-state index contributed by atoms with van der Waals surface area (Å²) in [5.74, 6) is -0.868. The fraction of sp³-hybridized carbons (Fsp3) is 0.600. The average Bonchev–Trinajstić information content (AvgIpc) is 2.12. The monoisotopic (exact) mass is 199 g/mol. The van der Waals surface area contributed by atoms with Crippen LogP contribution in [0.5, 0.6) is 0 Å². The first-order valence-corrected chi connectivity index (χ1v) is 4.70. The number of carboxylic acid groups (broad SMARTS) is 1. The molecule has 1 atom stereocenters. The smallest absolute Gasteiger partial charge is 0.303 e. The van der Waals surface area contributed by atoms with E-state index in [2.05, 4.69) is 11.9 Å². The van der Waals surface area contributed by atoms with Crippen LogP contribution in [0.2, 0.25) is 0 Å². The largest absolute Gasteiger partial charge is 0.481 e. The molecule has 0 fully saturated rings. The second-order valence-electron chi connectivity index (χ2n) is 3.19. The Balaban J connectivity index is 3.44. The van der Waals surface area contributed by atoms with Crippen molar-refractivity contribution in [3.05, 3.63) is 12.7 Å². The van der Waals surface area contributed by atoms with Crippen molar-refractivity contribution in [3.63, 3.8) is 0 Å². The maximum atomic E-state index is 11.2. The van der Waals surface area contributed by atoms with Crippen molar-refractivity contribution in [1.82, 2.24) is 5.32 Å². The van der Waals surface area contributed by atoms with E-state index >= 15 is 0 Å². The molecule has 0 aromatic carbocycles. The van der Waals surface area contributed by atoms with Crippen LogP contribution in [0.1, 0.15) is 32.6 Å². The number of hydrogen-bond donors (Lipinski definition) is 2. The van der Waals surface area contributed by atoms with E-state index in [4.69, 9.17) is 5.11 Å². The topological polar surface area (TPSA) is 66.4 Å². The molecule has 4 heteroatoms. The Labute approximate surface area is 84.0 Å². The summed E-state index contributed by atoms with van der Waals surface area (Å²) in [5.41, 5.74) is 0. The summed E-state index contributed by atoms with van der Waals surface area (Å²) in [4.78, 5) is 21.3.